The molecule has 0 saturated heterocycles. The molecular weight excluding hydrogens is 420 g/mol. The number of hydrogen-bond donors (Lipinski definition) is 1. The Hall–Kier alpha value is -2.84. The first kappa shape index (κ1) is 21.9. The number of benzene rings is 2. The van der Waals surface area contributed by atoms with Crippen molar-refractivity contribution in [2.24, 2.45) is 0 Å². The average molecular weight is 445 g/mol. The van der Waals surface area contributed by atoms with E-state index in [1.807, 2.05) is 38.1 Å². The van der Waals surface area contributed by atoms with Gasteiger partial charge in [-0.1, -0.05) is 23.8 Å². The van der Waals surface area contributed by atoms with Crippen molar-refractivity contribution in [3.63, 3.8) is 0 Å². The summed E-state index contributed by atoms with van der Waals surface area (Å²) >= 11 is 1.17. The van der Waals surface area contributed by atoms with Gasteiger partial charge in [0.2, 0.25) is 0 Å². The van der Waals surface area contributed by atoms with Gasteiger partial charge in [0.25, 0.3) is 15.9 Å². The minimum absolute atomic E-state index is 0.194. The predicted octanol–water partition coefficient (Wildman–Crippen LogP) is 4.08. The monoisotopic (exact) mass is 444 g/mol. The fourth-order valence-corrected chi connectivity index (χ4v) is 5.07. The molecule has 0 aliphatic rings. The van der Waals surface area contributed by atoms with Gasteiger partial charge in [-0.15, -0.1) is 11.3 Å². The number of thiophene rings is 1. The van der Waals surface area contributed by atoms with E-state index in [-0.39, 0.29) is 16.2 Å². The molecule has 0 saturated carbocycles. The number of carbonyl (C=O) groups excluding carboxylic acids is 1. The summed E-state index contributed by atoms with van der Waals surface area (Å²) in [4.78, 5) is 12.5. The van der Waals surface area contributed by atoms with Crippen LogP contribution in [0, 0.1) is 6.92 Å². The summed E-state index contributed by atoms with van der Waals surface area (Å²) in [6, 6.07) is 17.2. The van der Waals surface area contributed by atoms with Crippen LogP contribution in [0.2, 0.25) is 0 Å². The van der Waals surface area contributed by atoms with Crippen molar-refractivity contribution in [1.29, 1.82) is 0 Å². The van der Waals surface area contributed by atoms with E-state index in [4.69, 9.17) is 4.74 Å². The standard InChI is InChI=1S/C22H24N2O4S2/c1-16-6-12-20(13-7-16)28-15-17(2)23-22(25)18-8-10-19(11-9-18)24(3)30(26,27)21-5-4-14-29-21/h4-14,17H,15H2,1-3H3,(H,23,25)/t17-/m1/s1. The molecule has 3 rings (SSSR count). The highest BCUT2D eigenvalue weighted by Crippen LogP contribution is 2.25. The van der Waals surface area contributed by atoms with Crippen LogP contribution >= 0.6 is 11.3 Å². The summed E-state index contributed by atoms with van der Waals surface area (Å²) in [5.41, 5.74) is 2.08. The van der Waals surface area contributed by atoms with Crippen molar-refractivity contribution in [2.75, 3.05) is 18.0 Å². The van der Waals surface area contributed by atoms with E-state index in [1.165, 1.54) is 22.7 Å². The van der Waals surface area contributed by atoms with Crippen LogP contribution < -0.4 is 14.4 Å². The van der Waals surface area contributed by atoms with Gasteiger partial charge < -0.3 is 10.1 Å². The Morgan fingerprint density at radius 2 is 1.77 bits per heavy atom. The third-order valence-electron chi connectivity index (χ3n) is 4.50. The van der Waals surface area contributed by atoms with E-state index in [9.17, 15) is 13.2 Å². The molecular formula is C22H24N2O4S2. The Labute approximate surface area is 181 Å². The van der Waals surface area contributed by atoms with Crippen molar-refractivity contribution in [2.45, 2.75) is 24.1 Å². The highest BCUT2D eigenvalue weighted by Gasteiger charge is 2.22. The molecule has 0 spiro atoms. The number of rotatable bonds is 8. The Bertz CT molecular complexity index is 1080. The summed E-state index contributed by atoms with van der Waals surface area (Å²) in [5.74, 6) is 0.506. The summed E-state index contributed by atoms with van der Waals surface area (Å²) in [5, 5.41) is 4.61. The van der Waals surface area contributed by atoms with Crippen LogP contribution in [-0.2, 0) is 10.0 Å². The Balaban J connectivity index is 1.58. The third-order valence-corrected chi connectivity index (χ3v) is 7.66. The molecule has 158 valence electrons. The number of hydrogen-bond acceptors (Lipinski definition) is 5. The average Bonchev–Trinajstić information content (AvgIpc) is 3.29. The van der Waals surface area contributed by atoms with Crippen LogP contribution in [0.1, 0.15) is 22.8 Å². The first-order valence-electron chi connectivity index (χ1n) is 9.40. The van der Waals surface area contributed by atoms with E-state index < -0.39 is 10.0 Å². The molecule has 1 atom stereocenters. The maximum absolute atomic E-state index is 12.6. The number of sulfonamides is 1. The molecule has 8 heteroatoms. The number of ether oxygens (including phenoxy) is 1. The van der Waals surface area contributed by atoms with Crippen molar-refractivity contribution >= 4 is 33.0 Å². The lowest BCUT2D eigenvalue weighted by Gasteiger charge is -2.19. The topological polar surface area (TPSA) is 75.7 Å². The number of nitrogens with one attached hydrogen (secondary N) is 1. The molecule has 0 radical (unpaired) electrons. The zero-order valence-corrected chi connectivity index (χ0v) is 18.7. The predicted molar refractivity (Wildman–Crippen MR) is 120 cm³/mol. The lowest BCUT2D eigenvalue weighted by Crippen LogP contribution is -2.36. The van der Waals surface area contributed by atoms with Crippen LogP contribution in [0.15, 0.2) is 70.3 Å². The zero-order valence-electron chi connectivity index (χ0n) is 17.0. The second-order valence-electron chi connectivity index (χ2n) is 6.95. The summed E-state index contributed by atoms with van der Waals surface area (Å²) < 4.78 is 32.4. The fraction of sp³-hybridized carbons (Fsp3) is 0.227. The molecule has 3 aromatic rings. The lowest BCUT2D eigenvalue weighted by atomic mass is 10.2. The van der Waals surface area contributed by atoms with Crippen LogP contribution in [0.3, 0.4) is 0 Å². The molecule has 0 aliphatic heterocycles. The molecule has 0 fully saturated rings. The second-order valence-corrected chi connectivity index (χ2v) is 10.1. The quantitative estimate of drug-likeness (QED) is 0.568. The minimum atomic E-state index is -3.60. The Morgan fingerprint density at radius 3 is 2.37 bits per heavy atom. The number of amides is 1. The Kier molecular flexibility index (Phi) is 6.79. The summed E-state index contributed by atoms with van der Waals surface area (Å²) in [7, 11) is -2.11. The smallest absolute Gasteiger partial charge is 0.273 e. The van der Waals surface area contributed by atoms with Gasteiger partial charge in [-0.25, -0.2) is 8.42 Å². The second kappa shape index (κ2) is 9.32. The summed E-state index contributed by atoms with van der Waals surface area (Å²) in [6.07, 6.45) is 0. The van der Waals surface area contributed by atoms with Crippen molar-refractivity contribution in [1.82, 2.24) is 5.32 Å². The first-order chi connectivity index (χ1) is 14.3. The fourth-order valence-electron chi connectivity index (χ4n) is 2.71. The van der Waals surface area contributed by atoms with Gasteiger partial charge in [-0.3, -0.25) is 9.10 Å². The highest BCUT2D eigenvalue weighted by atomic mass is 32.2. The van der Waals surface area contributed by atoms with Crippen molar-refractivity contribution < 1.29 is 17.9 Å². The molecule has 1 aromatic heterocycles. The maximum Gasteiger partial charge on any atom is 0.273 e. The molecule has 1 N–H and O–H groups in total. The van der Waals surface area contributed by atoms with Gasteiger partial charge in [0.1, 0.15) is 16.6 Å². The van der Waals surface area contributed by atoms with Crippen molar-refractivity contribution in [3.8, 4) is 5.75 Å². The van der Waals surface area contributed by atoms with E-state index in [0.717, 1.165) is 11.3 Å². The van der Waals surface area contributed by atoms with Gasteiger partial charge in [0.15, 0.2) is 0 Å². The Morgan fingerprint density at radius 1 is 1.10 bits per heavy atom. The molecule has 1 heterocycles. The van der Waals surface area contributed by atoms with E-state index in [1.54, 1.807) is 41.8 Å². The van der Waals surface area contributed by atoms with Gasteiger partial charge >= 0.3 is 0 Å². The van der Waals surface area contributed by atoms with Gasteiger partial charge in [0.05, 0.1) is 11.7 Å². The molecule has 1 amide bonds. The van der Waals surface area contributed by atoms with Gasteiger partial charge in [-0.2, -0.15) is 0 Å². The zero-order chi connectivity index (χ0) is 21.7. The molecule has 2 aromatic carbocycles. The maximum atomic E-state index is 12.6. The van der Waals surface area contributed by atoms with E-state index in [0.29, 0.717) is 17.9 Å². The van der Waals surface area contributed by atoms with Gasteiger partial charge in [-0.05, 0) is 61.7 Å². The van der Waals surface area contributed by atoms with E-state index >= 15 is 0 Å². The third kappa shape index (κ3) is 5.20. The van der Waals surface area contributed by atoms with Crippen LogP contribution in [-0.4, -0.2) is 34.0 Å². The van der Waals surface area contributed by atoms with Crippen molar-refractivity contribution in [3.05, 3.63) is 77.2 Å². The van der Waals surface area contributed by atoms with Crippen LogP contribution in [0.25, 0.3) is 0 Å². The molecule has 0 unspecified atom stereocenters. The lowest BCUT2D eigenvalue weighted by molar-refractivity contribution is 0.0926. The SMILES string of the molecule is Cc1ccc(OC[C@@H](C)NC(=O)c2ccc(N(C)S(=O)(=O)c3cccs3)cc2)cc1. The molecule has 6 nitrogen and oxygen atoms in total. The van der Waals surface area contributed by atoms with Crippen LogP contribution in [0.4, 0.5) is 5.69 Å². The van der Waals surface area contributed by atoms with E-state index in [2.05, 4.69) is 5.32 Å². The van der Waals surface area contributed by atoms with Gasteiger partial charge in [0, 0.05) is 12.6 Å². The number of aryl methyl sites for hydroxylation is 1. The molecule has 0 bridgehead atoms. The van der Waals surface area contributed by atoms with Crippen LogP contribution in [0.5, 0.6) is 5.75 Å². The first-order valence-corrected chi connectivity index (χ1v) is 11.7. The highest BCUT2D eigenvalue weighted by molar-refractivity contribution is 7.94. The number of anilines is 1. The normalized spacial score (nSPS) is 12.2. The summed E-state index contributed by atoms with van der Waals surface area (Å²) in [6.45, 7) is 4.21. The number of nitrogens with zero attached hydrogens (tertiary/aromatic N) is 1. The molecule has 30 heavy (non-hydrogen) atoms. The largest absolute Gasteiger partial charge is 0.491 e. The molecule has 0 aliphatic carbocycles. The minimum Gasteiger partial charge on any atom is -0.491 e. The number of carbonyl (C=O) groups is 1.